The molecule has 1 heterocycles. The van der Waals surface area contributed by atoms with E-state index >= 15 is 0 Å². The van der Waals surface area contributed by atoms with Crippen molar-refractivity contribution in [2.75, 3.05) is 13.1 Å². The van der Waals surface area contributed by atoms with E-state index in [1.54, 1.807) is 6.07 Å². The molecule has 0 spiro atoms. The van der Waals surface area contributed by atoms with Crippen molar-refractivity contribution in [2.24, 2.45) is 5.92 Å². The zero-order valence-electron chi connectivity index (χ0n) is 13.1. The number of ether oxygens (including phenoxy) is 1. The summed E-state index contributed by atoms with van der Waals surface area (Å²) in [6.45, 7) is 9.55. The maximum atomic E-state index is 12.0. The molecule has 1 atom stereocenters. The summed E-state index contributed by atoms with van der Waals surface area (Å²) in [6, 6.07) is 7.43. The van der Waals surface area contributed by atoms with Crippen molar-refractivity contribution in [3.8, 4) is 5.75 Å². The molecule has 0 unspecified atom stereocenters. The van der Waals surface area contributed by atoms with Gasteiger partial charge in [0.15, 0.2) is 5.76 Å². The third-order valence-electron chi connectivity index (χ3n) is 3.27. The fraction of sp³-hybridized carbons (Fsp3) is 0.471. The number of hydrogen-bond donors (Lipinski definition) is 1. The van der Waals surface area contributed by atoms with Crippen LogP contribution in [0.3, 0.4) is 0 Å². The van der Waals surface area contributed by atoms with Crippen LogP contribution < -0.4 is 10.1 Å². The summed E-state index contributed by atoms with van der Waals surface area (Å²) in [4.78, 5) is 12.0. The van der Waals surface area contributed by atoms with Gasteiger partial charge in [-0.2, -0.15) is 0 Å². The molecule has 2 rings (SSSR count). The van der Waals surface area contributed by atoms with Crippen molar-refractivity contribution in [1.82, 2.24) is 5.32 Å². The first-order chi connectivity index (χ1) is 10.0. The monoisotopic (exact) mass is 289 g/mol. The van der Waals surface area contributed by atoms with Crippen molar-refractivity contribution >= 4 is 16.8 Å². The molecule has 0 fully saturated rings. The molecule has 114 valence electrons. The molecule has 0 amide bonds. The number of rotatable bonds is 7. The van der Waals surface area contributed by atoms with Gasteiger partial charge in [-0.3, -0.25) is 4.79 Å². The Hall–Kier alpha value is -1.81. The molecule has 4 heteroatoms. The van der Waals surface area contributed by atoms with E-state index in [2.05, 4.69) is 12.2 Å². The Kier molecular flexibility index (Phi) is 5.02. The van der Waals surface area contributed by atoms with E-state index in [1.807, 2.05) is 39.0 Å². The maximum Gasteiger partial charge on any atom is 0.200 e. The van der Waals surface area contributed by atoms with Gasteiger partial charge in [-0.15, -0.1) is 0 Å². The smallest absolute Gasteiger partial charge is 0.200 e. The van der Waals surface area contributed by atoms with Gasteiger partial charge in [0.05, 0.1) is 0 Å². The molecule has 2 aromatic rings. The number of nitrogens with one attached hydrogen (secondary N) is 1. The number of Topliss-reactive ketones (excluding diaryl/α,β-unsaturated/α-hetero) is 1. The molecule has 0 aliphatic heterocycles. The highest BCUT2D eigenvalue weighted by atomic mass is 16.5. The van der Waals surface area contributed by atoms with Crippen molar-refractivity contribution < 1.29 is 13.9 Å². The average Bonchev–Trinajstić information content (AvgIpc) is 2.87. The summed E-state index contributed by atoms with van der Waals surface area (Å²) in [5.74, 6) is 1.16. The minimum Gasteiger partial charge on any atom is -0.489 e. The lowest BCUT2D eigenvalue weighted by molar-refractivity contribution is 0.0913. The number of furan rings is 1. The molecule has 4 nitrogen and oxygen atoms in total. The summed E-state index contributed by atoms with van der Waals surface area (Å²) in [5.41, 5.74) is 0.714. The number of hydrogen-bond acceptors (Lipinski definition) is 4. The van der Waals surface area contributed by atoms with E-state index in [1.165, 1.54) is 0 Å². The van der Waals surface area contributed by atoms with Crippen LogP contribution in [0.4, 0.5) is 0 Å². The van der Waals surface area contributed by atoms with Crippen LogP contribution in [0.1, 0.15) is 38.2 Å². The van der Waals surface area contributed by atoms with Crippen LogP contribution in [0.5, 0.6) is 5.75 Å². The van der Waals surface area contributed by atoms with Crippen LogP contribution >= 0.6 is 0 Å². The minimum absolute atomic E-state index is 0.0224. The second-order valence-corrected chi connectivity index (χ2v) is 5.57. The molecule has 1 N–H and O–H groups in total. The Morgan fingerprint density at radius 2 is 2.05 bits per heavy atom. The normalized spacial score (nSPS) is 12.8. The molecule has 21 heavy (non-hydrogen) atoms. The van der Waals surface area contributed by atoms with E-state index < -0.39 is 0 Å². The zero-order chi connectivity index (χ0) is 15.4. The topological polar surface area (TPSA) is 51.5 Å². The second-order valence-electron chi connectivity index (χ2n) is 5.57. The van der Waals surface area contributed by atoms with Crippen LogP contribution in [0, 0.1) is 5.92 Å². The van der Waals surface area contributed by atoms with E-state index in [9.17, 15) is 4.79 Å². The van der Waals surface area contributed by atoms with Crippen LogP contribution in [-0.4, -0.2) is 25.0 Å². The van der Waals surface area contributed by atoms with Gasteiger partial charge in [-0.05, 0) is 37.7 Å². The van der Waals surface area contributed by atoms with E-state index in [0.717, 1.165) is 24.2 Å². The largest absolute Gasteiger partial charge is 0.489 e. The Morgan fingerprint density at radius 1 is 1.29 bits per heavy atom. The first-order valence-electron chi connectivity index (χ1n) is 7.46. The lowest BCUT2D eigenvalue weighted by atomic mass is 10.1. The standard InChI is InChI=1S/C17H23NO3/c1-5-18-10-12(4)20-14-6-7-15-13(8-14)9-16(21-15)17(19)11(2)3/h6-9,11-12,18H,5,10H2,1-4H3/t12-/m0/s1. The molecular weight excluding hydrogens is 266 g/mol. The third kappa shape index (κ3) is 3.85. The molecule has 1 aromatic heterocycles. The highest BCUT2D eigenvalue weighted by Gasteiger charge is 2.16. The van der Waals surface area contributed by atoms with Crippen LogP contribution in [-0.2, 0) is 0 Å². The van der Waals surface area contributed by atoms with Crippen LogP contribution in [0.25, 0.3) is 11.0 Å². The molecule has 0 bridgehead atoms. The van der Waals surface area contributed by atoms with Gasteiger partial charge in [0.25, 0.3) is 0 Å². The molecule has 0 saturated heterocycles. The molecule has 0 radical (unpaired) electrons. The van der Waals surface area contributed by atoms with Gasteiger partial charge in [-0.25, -0.2) is 0 Å². The van der Waals surface area contributed by atoms with Gasteiger partial charge in [0.2, 0.25) is 5.78 Å². The van der Waals surface area contributed by atoms with Crippen molar-refractivity contribution in [3.05, 3.63) is 30.0 Å². The van der Waals surface area contributed by atoms with Gasteiger partial charge in [0.1, 0.15) is 17.4 Å². The molecule has 0 aliphatic carbocycles. The predicted octanol–water partition coefficient (Wildman–Crippen LogP) is 3.65. The van der Waals surface area contributed by atoms with E-state index in [-0.39, 0.29) is 17.8 Å². The quantitative estimate of drug-likeness (QED) is 0.790. The summed E-state index contributed by atoms with van der Waals surface area (Å²) in [5, 5.41) is 4.14. The van der Waals surface area contributed by atoms with Gasteiger partial charge in [-0.1, -0.05) is 20.8 Å². The number of carbonyl (C=O) groups is 1. The maximum absolute atomic E-state index is 12.0. The lowest BCUT2D eigenvalue weighted by Gasteiger charge is -2.14. The van der Waals surface area contributed by atoms with Crippen molar-refractivity contribution in [2.45, 2.75) is 33.8 Å². The average molecular weight is 289 g/mol. The number of carbonyl (C=O) groups excluding carboxylic acids is 1. The summed E-state index contributed by atoms with van der Waals surface area (Å²) in [6.07, 6.45) is 0.0890. The first-order valence-corrected chi connectivity index (χ1v) is 7.46. The number of fused-ring (bicyclic) bond motifs is 1. The fourth-order valence-corrected chi connectivity index (χ4v) is 2.12. The molecule has 1 aromatic carbocycles. The predicted molar refractivity (Wildman–Crippen MR) is 84.0 cm³/mol. The molecule has 0 saturated carbocycles. The summed E-state index contributed by atoms with van der Waals surface area (Å²) < 4.78 is 11.5. The Bertz CT molecular complexity index is 616. The molecular formula is C17H23NO3. The summed E-state index contributed by atoms with van der Waals surface area (Å²) in [7, 11) is 0. The van der Waals surface area contributed by atoms with Crippen LogP contribution in [0.2, 0.25) is 0 Å². The van der Waals surface area contributed by atoms with Gasteiger partial charge >= 0.3 is 0 Å². The zero-order valence-corrected chi connectivity index (χ0v) is 13.1. The first kappa shape index (κ1) is 15.6. The lowest BCUT2D eigenvalue weighted by Crippen LogP contribution is -2.28. The van der Waals surface area contributed by atoms with E-state index in [4.69, 9.17) is 9.15 Å². The second kappa shape index (κ2) is 6.76. The Balaban J connectivity index is 2.16. The SMILES string of the molecule is CCNC[C@H](C)Oc1ccc2oc(C(=O)C(C)C)cc2c1. The van der Waals surface area contributed by atoms with Crippen molar-refractivity contribution in [1.29, 1.82) is 0 Å². The number of ketones is 1. The highest BCUT2D eigenvalue weighted by Crippen LogP contribution is 2.26. The minimum atomic E-state index is -0.0681. The van der Waals surface area contributed by atoms with Gasteiger partial charge < -0.3 is 14.5 Å². The fourth-order valence-electron chi connectivity index (χ4n) is 2.12. The Morgan fingerprint density at radius 3 is 2.71 bits per heavy atom. The highest BCUT2D eigenvalue weighted by molar-refractivity contribution is 5.98. The summed E-state index contributed by atoms with van der Waals surface area (Å²) >= 11 is 0. The molecule has 0 aliphatic rings. The van der Waals surface area contributed by atoms with Crippen molar-refractivity contribution in [3.63, 3.8) is 0 Å². The number of benzene rings is 1. The third-order valence-corrected chi connectivity index (χ3v) is 3.27. The van der Waals surface area contributed by atoms with Crippen LogP contribution in [0.15, 0.2) is 28.7 Å². The Labute approximate surface area is 125 Å². The van der Waals surface area contributed by atoms with E-state index in [0.29, 0.717) is 11.3 Å². The van der Waals surface area contributed by atoms with Gasteiger partial charge in [0, 0.05) is 17.8 Å². The number of likely N-dealkylation sites (N-methyl/N-ethyl adjacent to an activating group) is 1.